The number of nitrogens with zero attached hydrogens (tertiary/aromatic N) is 2. The molecule has 0 aliphatic rings. The van der Waals surface area contributed by atoms with Gasteiger partial charge in [0.05, 0.1) is 23.8 Å². The van der Waals surface area contributed by atoms with Gasteiger partial charge in [0.2, 0.25) is 0 Å². The first-order chi connectivity index (χ1) is 12.5. The third kappa shape index (κ3) is 7.96. The lowest BCUT2D eigenvalue weighted by atomic mass is 10.1. The van der Waals surface area contributed by atoms with Crippen molar-refractivity contribution in [2.45, 2.75) is 46.9 Å². The molecule has 0 atom stereocenters. The fraction of sp³-hybridized carbons (Fsp3) is 0.444. The fourth-order valence-corrected chi connectivity index (χ4v) is 3.06. The van der Waals surface area contributed by atoms with E-state index in [0.717, 1.165) is 22.7 Å². The van der Waals surface area contributed by atoms with E-state index < -0.39 is 6.61 Å². The number of rotatable bonds is 8. The minimum Gasteiger partial charge on any atom is -0.434 e. The van der Waals surface area contributed by atoms with Crippen LogP contribution in [0.15, 0.2) is 28.6 Å². The van der Waals surface area contributed by atoms with Gasteiger partial charge in [0, 0.05) is 17.5 Å². The van der Waals surface area contributed by atoms with E-state index in [1.807, 2.05) is 19.2 Å². The zero-order chi connectivity index (χ0) is 18.9. The number of aliphatic imine (C=N–C) groups is 1. The van der Waals surface area contributed by atoms with Crippen LogP contribution in [0.25, 0.3) is 0 Å². The summed E-state index contributed by atoms with van der Waals surface area (Å²) in [6.07, 6.45) is 0.916. The van der Waals surface area contributed by atoms with E-state index in [1.54, 1.807) is 29.5 Å². The second-order valence-electron chi connectivity index (χ2n) is 5.62. The average Bonchev–Trinajstić information content (AvgIpc) is 3.07. The summed E-state index contributed by atoms with van der Waals surface area (Å²) in [6, 6.07) is 5.09. The molecule has 5 nitrogen and oxygen atoms in total. The highest BCUT2D eigenvalue weighted by Gasteiger charge is 2.10. The number of aryl methyl sites for hydroxylation is 2. The van der Waals surface area contributed by atoms with E-state index >= 15 is 0 Å². The molecule has 0 saturated heterocycles. The van der Waals surface area contributed by atoms with E-state index in [9.17, 15) is 8.78 Å². The zero-order valence-electron chi connectivity index (χ0n) is 15.6. The smallest absolute Gasteiger partial charge is 0.387 e. The van der Waals surface area contributed by atoms with Crippen molar-refractivity contribution in [3.8, 4) is 5.75 Å². The van der Waals surface area contributed by atoms with Crippen molar-refractivity contribution in [1.29, 1.82) is 0 Å². The highest BCUT2D eigenvalue weighted by atomic mass is 127. The number of alkyl halides is 2. The van der Waals surface area contributed by atoms with Crippen LogP contribution in [0.1, 0.15) is 35.7 Å². The van der Waals surface area contributed by atoms with Crippen LogP contribution in [0.3, 0.4) is 0 Å². The van der Waals surface area contributed by atoms with Crippen molar-refractivity contribution < 1.29 is 13.5 Å². The van der Waals surface area contributed by atoms with Gasteiger partial charge in [-0.15, -0.1) is 35.3 Å². The van der Waals surface area contributed by atoms with E-state index in [1.165, 1.54) is 0 Å². The van der Waals surface area contributed by atoms with Gasteiger partial charge in [-0.3, -0.25) is 0 Å². The summed E-state index contributed by atoms with van der Waals surface area (Å²) in [4.78, 5) is 8.99. The Kier molecular flexibility index (Phi) is 10.5. The van der Waals surface area contributed by atoms with Gasteiger partial charge < -0.3 is 15.4 Å². The monoisotopic (exact) mass is 510 g/mol. The van der Waals surface area contributed by atoms with Crippen LogP contribution in [0, 0.1) is 6.92 Å². The summed E-state index contributed by atoms with van der Waals surface area (Å²) in [5.74, 6) is 0.750. The molecule has 0 saturated carbocycles. The Morgan fingerprint density at radius 3 is 2.70 bits per heavy atom. The number of thiazole rings is 1. The summed E-state index contributed by atoms with van der Waals surface area (Å²) in [5, 5.41) is 9.47. The molecular weight excluding hydrogens is 485 g/mol. The predicted molar refractivity (Wildman–Crippen MR) is 116 cm³/mol. The normalized spacial score (nSPS) is 11.3. The van der Waals surface area contributed by atoms with Gasteiger partial charge in [-0.1, -0.05) is 24.6 Å². The Bertz CT molecular complexity index is 740. The molecule has 27 heavy (non-hydrogen) atoms. The maximum Gasteiger partial charge on any atom is 0.387 e. The molecule has 1 aromatic carbocycles. The Hall–Kier alpha value is -1.49. The van der Waals surface area contributed by atoms with Crippen LogP contribution in [0.2, 0.25) is 0 Å². The van der Waals surface area contributed by atoms with Crippen molar-refractivity contribution in [3.05, 3.63) is 45.4 Å². The van der Waals surface area contributed by atoms with Crippen molar-refractivity contribution in [1.82, 2.24) is 15.6 Å². The molecule has 1 heterocycles. The third-order valence-electron chi connectivity index (χ3n) is 3.52. The van der Waals surface area contributed by atoms with Crippen LogP contribution in [0.4, 0.5) is 8.78 Å². The summed E-state index contributed by atoms with van der Waals surface area (Å²) in [6.45, 7) is 4.56. The predicted octanol–water partition coefficient (Wildman–Crippen LogP) is 4.49. The second kappa shape index (κ2) is 12.1. The van der Waals surface area contributed by atoms with Gasteiger partial charge in [-0.05, 0) is 26.3 Å². The highest BCUT2D eigenvalue weighted by Crippen LogP contribution is 2.23. The van der Waals surface area contributed by atoms with Gasteiger partial charge in [-0.2, -0.15) is 8.78 Å². The summed E-state index contributed by atoms with van der Waals surface area (Å²) >= 11 is 1.64. The molecule has 0 fully saturated rings. The van der Waals surface area contributed by atoms with Crippen LogP contribution in [-0.2, 0) is 19.5 Å². The molecule has 2 aromatic rings. The van der Waals surface area contributed by atoms with Gasteiger partial charge >= 0.3 is 6.61 Å². The number of hydrogen-bond donors (Lipinski definition) is 2. The number of guanidine groups is 1. The second-order valence-corrected chi connectivity index (χ2v) is 6.57. The molecule has 0 unspecified atom stereocenters. The van der Waals surface area contributed by atoms with E-state index in [0.29, 0.717) is 24.6 Å². The molecule has 0 bridgehead atoms. The number of halogens is 3. The third-order valence-corrected chi connectivity index (χ3v) is 4.56. The molecule has 0 aliphatic heterocycles. The maximum atomic E-state index is 12.6. The first-order valence-electron chi connectivity index (χ1n) is 8.51. The lowest BCUT2D eigenvalue weighted by Crippen LogP contribution is -2.36. The first kappa shape index (κ1) is 23.5. The molecule has 150 valence electrons. The fourth-order valence-electron chi connectivity index (χ4n) is 2.32. The molecule has 0 amide bonds. The van der Waals surface area contributed by atoms with Crippen LogP contribution in [0.5, 0.6) is 5.75 Å². The van der Waals surface area contributed by atoms with Gasteiger partial charge in [0.1, 0.15) is 5.75 Å². The van der Waals surface area contributed by atoms with Gasteiger partial charge in [0.15, 0.2) is 5.96 Å². The summed E-state index contributed by atoms with van der Waals surface area (Å²) < 4.78 is 29.7. The van der Waals surface area contributed by atoms with Gasteiger partial charge in [0.25, 0.3) is 0 Å². The summed E-state index contributed by atoms with van der Waals surface area (Å²) in [7, 11) is 0. The Labute approximate surface area is 179 Å². The zero-order valence-corrected chi connectivity index (χ0v) is 18.7. The summed E-state index contributed by atoms with van der Waals surface area (Å²) in [5.41, 5.74) is 2.53. The first-order valence-corrected chi connectivity index (χ1v) is 9.39. The Morgan fingerprint density at radius 2 is 2.07 bits per heavy atom. The average molecular weight is 510 g/mol. The molecule has 0 aliphatic carbocycles. The molecule has 2 N–H and O–H groups in total. The molecular formula is C18H25F2IN4OS. The Morgan fingerprint density at radius 1 is 1.30 bits per heavy atom. The van der Waals surface area contributed by atoms with Gasteiger partial charge in [-0.25, -0.2) is 9.98 Å². The van der Waals surface area contributed by atoms with Crippen molar-refractivity contribution in [2.75, 3.05) is 6.54 Å². The van der Waals surface area contributed by atoms with Crippen LogP contribution in [-0.4, -0.2) is 24.1 Å². The highest BCUT2D eigenvalue weighted by molar-refractivity contribution is 14.0. The maximum absolute atomic E-state index is 12.6. The van der Waals surface area contributed by atoms with E-state index in [-0.39, 0.29) is 36.3 Å². The van der Waals surface area contributed by atoms with E-state index in [4.69, 9.17) is 0 Å². The topological polar surface area (TPSA) is 58.5 Å². The molecule has 0 spiro atoms. The van der Waals surface area contributed by atoms with Crippen molar-refractivity contribution >= 4 is 41.3 Å². The Balaban J connectivity index is 0.00000364. The largest absolute Gasteiger partial charge is 0.434 e. The number of nitrogens with one attached hydrogen (secondary N) is 2. The van der Waals surface area contributed by atoms with E-state index in [2.05, 4.69) is 32.3 Å². The molecule has 1 aromatic heterocycles. The van der Waals surface area contributed by atoms with Crippen molar-refractivity contribution in [2.24, 2.45) is 4.99 Å². The van der Waals surface area contributed by atoms with Crippen LogP contribution >= 0.6 is 35.3 Å². The van der Waals surface area contributed by atoms with Crippen molar-refractivity contribution in [3.63, 3.8) is 0 Å². The standard InChI is InChI=1S/C18H24F2N4OS.HI/c1-4-16-24-14(11-26-16)10-23-18(21-5-2)22-9-13-8-12(3)6-7-15(13)25-17(19)20;/h6-8,11,17H,4-5,9-10H2,1-3H3,(H2,21,22,23);1H. The quantitative estimate of drug-likeness (QED) is 0.312. The lowest BCUT2D eigenvalue weighted by molar-refractivity contribution is -0.0504. The lowest BCUT2D eigenvalue weighted by Gasteiger charge is -2.13. The number of hydrogen-bond acceptors (Lipinski definition) is 4. The van der Waals surface area contributed by atoms with Crippen LogP contribution < -0.4 is 15.4 Å². The number of aromatic nitrogens is 1. The molecule has 0 radical (unpaired) electrons. The molecule has 2 rings (SSSR count). The molecule has 9 heteroatoms. The number of benzene rings is 1. The SMILES string of the molecule is CCNC(=NCc1cc(C)ccc1OC(F)F)NCc1csc(CC)n1.I. The minimum absolute atomic E-state index is 0. The number of ether oxygens (including phenoxy) is 1. The minimum atomic E-state index is -2.86.